The zero-order chi connectivity index (χ0) is 19.6. The standard InChI is InChI=1S/C17H16FN3O5S/c1-16(2)7-25-15(24)21(16)12(22)11-17(26-14(20-11)27-3)9-6-8(18)4-5-10(9)19-13(17)23/h4-6,11H,7H2,1-3H3,(H,19,23)/t11-,17-/m0/s1. The molecule has 0 saturated carbocycles. The molecule has 1 saturated heterocycles. The molecule has 1 aromatic rings. The topological polar surface area (TPSA) is 97.3 Å². The number of cyclic esters (lactones) is 1. The Morgan fingerprint density at radius 1 is 1.41 bits per heavy atom. The number of amides is 3. The lowest BCUT2D eigenvalue weighted by molar-refractivity contribution is -0.144. The predicted octanol–water partition coefficient (Wildman–Crippen LogP) is 1.85. The fourth-order valence-corrected chi connectivity index (χ4v) is 3.93. The Balaban J connectivity index is 1.85. The summed E-state index contributed by atoms with van der Waals surface area (Å²) in [5.41, 5.74) is -2.28. The van der Waals surface area contributed by atoms with Crippen molar-refractivity contribution in [3.63, 3.8) is 0 Å². The third-order valence-electron chi connectivity index (χ3n) is 4.80. The van der Waals surface area contributed by atoms with Crippen molar-refractivity contribution in [2.45, 2.75) is 31.0 Å². The maximum absolute atomic E-state index is 13.9. The van der Waals surface area contributed by atoms with Crippen LogP contribution in [0.1, 0.15) is 19.4 Å². The molecule has 3 aliphatic rings. The Labute approximate surface area is 158 Å². The number of aliphatic imine (C=N–C) groups is 1. The summed E-state index contributed by atoms with van der Waals surface area (Å²) in [6, 6.07) is 2.35. The van der Waals surface area contributed by atoms with E-state index in [4.69, 9.17) is 9.47 Å². The highest BCUT2D eigenvalue weighted by Crippen LogP contribution is 2.48. The first-order valence-electron chi connectivity index (χ1n) is 8.14. The van der Waals surface area contributed by atoms with Crippen LogP contribution in [0.5, 0.6) is 0 Å². The second kappa shape index (κ2) is 5.69. The van der Waals surface area contributed by atoms with E-state index in [2.05, 4.69) is 10.3 Å². The Hall–Kier alpha value is -2.62. The van der Waals surface area contributed by atoms with Crippen molar-refractivity contribution >= 4 is 40.6 Å². The number of ether oxygens (including phenoxy) is 2. The van der Waals surface area contributed by atoms with Gasteiger partial charge in [-0.15, -0.1) is 0 Å². The summed E-state index contributed by atoms with van der Waals surface area (Å²) in [7, 11) is 0. The summed E-state index contributed by atoms with van der Waals surface area (Å²) in [5.74, 6) is -1.96. The number of thioether (sulfide) groups is 1. The quantitative estimate of drug-likeness (QED) is 0.782. The van der Waals surface area contributed by atoms with Crippen LogP contribution < -0.4 is 5.32 Å². The molecule has 0 radical (unpaired) electrons. The van der Waals surface area contributed by atoms with Crippen LogP contribution in [0, 0.1) is 5.82 Å². The van der Waals surface area contributed by atoms with Gasteiger partial charge < -0.3 is 14.8 Å². The lowest BCUT2D eigenvalue weighted by Crippen LogP contribution is -2.56. The zero-order valence-electron chi connectivity index (χ0n) is 14.7. The Bertz CT molecular complexity index is 918. The fourth-order valence-electron chi connectivity index (χ4n) is 3.51. The van der Waals surface area contributed by atoms with Gasteiger partial charge in [0.25, 0.3) is 11.8 Å². The van der Waals surface area contributed by atoms with E-state index >= 15 is 0 Å². The van der Waals surface area contributed by atoms with Crippen LogP contribution in [0.15, 0.2) is 23.2 Å². The fraction of sp³-hybridized carbons (Fsp3) is 0.412. The summed E-state index contributed by atoms with van der Waals surface area (Å²) >= 11 is 1.11. The van der Waals surface area contributed by atoms with Gasteiger partial charge in [-0.05, 0) is 38.3 Å². The minimum atomic E-state index is -1.87. The van der Waals surface area contributed by atoms with Crippen molar-refractivity contribution in [1.29, 1.82) is 0 Å². The van der Waals surface area contributed by atoms with Crippen LogP contribution in [0.25, 0.3) is 0 Å². The van der Waals surface area contributed by atoms with Gasteiger partial charge in [0.2, 0.25) is 10.8 Å². The van der Waals surface area contributed by atoms with E-state index in [1.165, 1.54) is 12.1 Å². The third-order valence-corrected chi connectivity index (χ3v) is 5.34. The van der Waals surface area contributed by atoms with Gasteiger partial charge in [0.05, 0.1) is 5.54 Å². The van der Waals surface area contributed by atoms with Crippen LogP contribution in [-0.2, 0) is 24.7 Å². The van der Waals surface area contributed by atoms with E-state index in [-0.39, 0.29) is 17.4 Å². The number of carbonyl (C=O) groups is 3. The largest absolute Gasteiger partial charge is 0.448 e. The third kappa shape index (κ3) is 2.35. The van der Waals surface area contributed by atoms with Gasteiger partial charge in [0.1, 0.15) is 12.4 Å². The maximum atomic E-state index is 13.9. The lowest BCUT2D eigenvalue weighted by Gasteiger charge is -2.32. The first-order chi connectivity index (χ1) is 12.7. The van der Waals surface area contributed by atoms with Crippen LogP contribution in [0.2, 0.25) is 0 Å². The first kappa shape index (κ1) is 17.8. The smallest absolute Gasteiger partial charge is 0.417 e. The number of fused-ring (bicyclic) bond motifs is 2. The average molecular weight is 393 g/mol. The summed E-state index contributed by atoms with van der Waals surface area (Å²) in [5, 5.41) is 2.71. The van der Waals surface area contributed by atoms with E-state index in [9.17, 15) is 18.8 Å². The molecule has 3 aliphatic heterocycles. The Morgan fingerprint density at radius 2 is 2.15 bits per heavy atom. The van der Waals surface area contributed by atoms with E-state index < -0.39 is 40.9 Å². The monoisotopic (exact) mass is 393 g/mol. The predicted molar refractivity (Wildman–Crippen MR) is 94.8 cm³/mol. The molecule has 0 aliphatic carbocycles. The molecular formula is C17H16FN3O5S. The van der Waals surface area contributed by atoms with Gasteiger partial charge >= 0.3 is 6.09 Å². The highest BCUT2D eigenvalue weighted by Gasteiger charge is 2.64. The molecule has 142 valence electrons. The van der Waals surface area contributed by atoms with Gasteiger partial charge in [-0.25, -0.2) is 19.1 Å². The highest BCUT2D eigenvalue weighted by atomic mass is 32.2. The van der Waals surface area contributed by atoms with Crippen molar-refractivity contribution in [3.8, 4) is 0 Å². The summed E-state index contributed by atoms with van der Waals surface area (Å²) in [4.78, 5) is 43.5. The SMILES string of the molecule is CSC1=N[C@@H](C(=O)N2C(=O)OCC2(C)C)[C@]2(O1)C(=O)Nc1ccc(F)cc12. The molecule has 1 spiro atoms. The number of imide groups is 1. The zero-order valence-corrected chi connectivity index (χ0v) is 15.6. The number of rotatable bonds is 1. The molecule has 1 aromatic carbocycles. The molecular weight excluding hydrogens is 377 g/mol. The van der Waals surface area contributed by atoms with Crippen LogP contribution in [0.4, 0.5) is 14.9 Å². The second-order valence-corrected chi connectivity index (χ2v) is 7.78. The van der Waals surface area contributed by atoms with Gasteiger partial charge in [0, 0.05) is 11.3 Å². The molecule has 1 N–H and O–H groups in total. The molecule has 3 amide bonds. The minimum absolute atomic E-state index is 0.0225. The van der Waals surface area contributed by atoms with Gasteiger partial charge in [-0.2, -0.15) is 0 Å². The molecule has 10 heteroatoms. The van der Waals surface area contributed by atoms with Crippen molar-refractivity contribution in [1.82, 2.24) is 4.90 Å². The Morgan fingerprint density at radius 3 is 2.78 bits per heavy atom. The van der Waals surface area contributed by atoms with E-state index in [0.29, 0.717) is 5.69 Å². The maximum Gasteiger partial charge on any atom is 0.417 e. The van der Waals surface area contributed by atoms with E-state index in [1.807, 2.05) is 0 Å². The number of benzene rings is 1. The molecule has 27 heavy (non-hydrogen) atoms. The molecule has 1 fully saturated rings. The van der Waals surface area contributed by atoms with Crippen LogP contribution in [0.3, 0.4) is 0 Å². The minimum Gasteiger partial charge on any atom is -0.448 e. The highest BCUT2D eigenvalue weighted by molar-refractivity contribution is 8.13. The molecule has 2 atom stereocenters. The number of hydrogen-bond acceptors (Lipinski definition) is 7. The molecule has 0 bridgehead atoms. The van der Waals surface area contributed by atoms with Crippen molar-refractivity contribution < 1.29 is 28.2 Å². The average Bonchev–Trinajstić information content (AvgIpc) is 3.22. The van der Waals surface area contributed by atoms with Crippen molar-refractivity contribution in [2.75, 3.05) is 18.2 Å². The normalized spacial score (nSPS) is 27.9. The van der Waals surface area contributed by atoms with Crippen molar-refractivity contribution in [2.24, 2.45) is 4.99 Å². The van der Waals surface area contributed by atoms with Gasteiger partial charge in [-0.1, -0.05) is 11.8 Å². The summed E-state index contributed by atoms with van der Waals surface area (Å²) in [6.45, 7) is 3.36. The van der Waals surface area contributed by atoms with Crippen LogP contribution >= 0.6 is 11.8 Å². The van der Waals surface area contributed by atoms with Crippen molar-refractivity contribution in [3.05, 3.63) is 29.6 Å². The molecule has 0 unspecified atom stereocenters. The van der Waals surface area contributed by atoms with Crippen LogP contribution in [-0.4, -0.2) is 52.5 Å². The summed E-state index contributed by atoms with van der Waals surface area (Å²) in [6.07, 6.45) is 0.859. The number of carbonyl (C=O) groups excluding carboxylic acids is 3. The van der Waals surface area contributed by atoms with E-state index in [0.717, 1.165) is 22.7 Å². The van der Waals surface area contributed by atoms with Gasteiger partial charge in [0.15, 0.2) is 6.04 Å². The first-order valence-corrected chi connectivity index (χ1v) is 9.36. The number of halogens is 1. The number of hydrogen-bond donors (Lipinski definition) is 1. The number of anilines is 1. The second-order valence-electron chi connectivity index (χ2n) is 7.02. The molecule has 8 nitrogen and oxygen atoms in total. The summed E-state index contributed by atoms with van der Waals surface area (Å²) < 4.78 is 24.7. The number of nitrogens with zero attached hydrogens (tertiary/aromatic N) is 2. The van der Waals surface area contributed by atoms with Gasteiger partial charge in [-0.3, -0.25) is 9.59 Å². The number of nitrogens with one attached hydrogen (secondary N) is 1. The van der Waals surface area contributed by atoms with E-state index in [1.54, 1.807) is 20.1 Å². The molecule has 0 aromatic heterocycles. The lowest BCUT2D eigenvalue weighted by atomic mass is 9.86. The Kier molecular flexibility index (Phi) is 3.74. The molecule has 3 heterocycles. The molecule has 4 rings (SSSR count).